The van der Waals surface area contributed by atoms with Gasteiger partial charge in [-0.1, -0.05) is 32.1 Å². The summed E-state index contributed by atoms with van der Waals surface area (Å²) in [4.78, 5) is 24.6. The van der Waals surface area contributed by atoms with E-state index in [1.807, 2.05) is 20.8 Å². The molecule has 0 amide bonds. The summed E-state index contributed by atoms with van der Waals surface area (Å²) in [7, 11) is 0. The van der Waals surface area contributed by atoms with Crippen molar-refractivity contribution in [3.05, 3.63) is 23.8 Å². The fraction of sp³-hybridized carbons (Fsp3) is 0.760. The van der Waals surface area contributed by atoms with Gasteiger partial charge >= 0.3 is 11.9 Å². The van der Waals surface area contributed by atoms with Crippen molar-refractivity contribution in [2.45, 2.75) is 84.5 Å². The zero-order valence-corrected chi connectivity index (χ0v) is 19.3. The van der Waals surface area contributed by atoms with Crippen molar-refractivity contribution < 1.29 is 29.3 Å². The number of fused-ring (bicyclic) bond motifs is 1. The first kappa shape index (κ1) is 24.0. The molecule has 0 spiro atoms. The van der Waals surface area contributed by atoms with E-state index in [9.17, 15) is 19.8 Å². The Hall–Kier alpha value is -1.66. The van der Waals surface area contributed by atoms with E-state index in [0.29, 0.717) is 25.7 Å². The van der Waals surface area contributed by atoms with Crippen molar-refractivity contribution in [3.8, 4) is 0 Å². The molecule has 31 heavy (non-hydrogen) atoms. The fourth-order valence-corrected chi connectivity index (χ4v) is 5.08. The number of aliphatic hydroxyl groups excluding tert-OH is 2. The molecule has 2 N–H and O–H groups in total. The average molecular weight is 435 g/mol. The Morgan fingerprint density at radius 2 is 2.03 bits per heavy atom. The fourth-order valence-electron chi connectivity index (χ4n) is 5.08. The van der Waals surface area contributed by atoms with E-state index in [1.165, 1.54) is 0 Å². The number of hydrogen-bond donors (Lipinski definition) is 2. The minimum atomic E-state index is -0.629. The lowest BCUT2D eigenvalue weighted by atomic mass is 9.65. The molecule has 1 aliphatic heterocycles. The lowest BCUT2D eigenvalue weighted by Crippen LogP contribution is -2.44. The highest BCUT2D eigenvalue weighted by Gasteiger charge is 2.43. The van der Waals surface area contributed by atoms with Crippen LogP contribution in [0.1, 0.15) is 66.2 Å². The van der Waals surface area contributed by atoms with Gasteiger partial charge in [0.25, 0.3) is 0 Å². The maximum Gasteiger partial charge on any atom is 0.311 e. The number of rotatable bonds is 7. The smallest absolute Gasteiger partial charge is 0.311 e. The van der Waals surface area contributed by atoms with Gasteiger partial charge in [-0.3, -0.25) is 9.59 Å². The summed E-state index contributed by atoms with van der Waals surface area (Å²) < 4.78 is 11.6. The van der Waals surface area contributed by atoms with Crippen molar-refractivity contribution in [1.82, 2.24) is 0 Å². The standard InChI is InChI=1S/C25H38O6/c1-5-25(3,4)24(29)31-21-11-16(14-26)10-17-7-6-15(2)20(23(17)21)9-8-19-12-18(27)13-22(28)30-19/h6-7,10,15-16,18-21,23,26-27H,5,8-9,11-14H2,1-4H3. The Morgan fingerprint density at radius 1 is 1.29 bits per heavy atom. The van der Waals surface area contributed by atoms with Crippen LogP contribution < -0.4 is 0 Å². The molecule has 0 aromatic rings. The second-order valence-electron chi connectivity index (χ2n) is 10.2. The largest absolute Gasteiger partial charge is 0.462 e. The molecule has 0 bridgehead atoms. The van der Waals surface area contributed by atoms with Crippen LogP contribution in [0.2, 0.25) is 0 Å². The highest BCUT2D eigenvalue weighted by Crippen LogP contribution is 2.45. The van der Waals surface area contributed by atoms with Gasteiger partial charge in [0.1, 0.15) is 12.2 Å². The van der Waals surface area contributed by atoms with Crippen LogP contribution in [0.15, 0.2) is 23.8 Å². The van der Waals surface area contributed by atoms with Crippen LogP contribution >= 0.6 is 0 Å². The van der Waals surface area contributed by atoms with Gasteiger partial charge in [-0.25, -0.2) is 0 Å². The van der Waals surface area contributed by atoms with E-state index in [4.69, 9.17) is 9.47 Å². The first-order valence-corrected chi connectivity index (χ1v) is 11.7. The van der Waals surface area contributed by atoms with Crippen molar-refractivity contribution >= 4 is 11.9 Å². The highest BCUT2D eigenvalue weighted by atomic mass is 16.6. The van der Waals surface area contributed by atoms with E-state index in [0.717, 1.165) is 12.0 Å². The first-order valence-electron chi connectivity index (χ1n) is 11.7. The molecular formula is C25H38O6. The molecule has 3 rings (SSSR count). The highest BCUT2D eigenvalue weighted by molar-refractivity contribution is 5.76. The third kappa shape index (κ3) is 5.58. The topological polar surface area (TPSA) is 93.1 Å². The van der Waals surface area contributed by atoms with Gasteiger partial charge in [0.2, 0.25) is 0 Å². The zero-order chi connectivity index (χ0) is 22.8. The summed E-state index contributed by atoms with van der Waals surface area (Å²) in [6.45, 7) is 8.00. The third-order valence-corrected chi connectivity index (χ3v) is 7.46. The molecular weight excluding hydrogens is 396 g/mol. The molecule has 1 fully saturated rings. The zero-order valence-electron chi connectivity index (χ0n) is 19.3. The molecule has 1 heterocycles. The van der Waals surface area contributed by atoms with Crippen LogP contribution in [-0.4, -0.2) is 47.1 Å². The molecule has 0 aromatic heterocycles. The third-order valence-electron chi connectivity index (χ3n) is 7.46. The number of cyclic esters (lactones) is 1. The van der Waals surface area contributed by atoms with Crippen LogP contribution in [0.25, 0.3) is 0 Å². The number of esters is 2. The maximum absolute atomic E-state index is 12.9. The molecule has 7 atom stereocenters. The number of aliphatic hydroxyl groups is 2. The molecule has 174 valence electrons. The summed E-state index contributed by atoms with van der Waals surface area (Å²) in [5.41, 5.74) is 0.579. The molecule has 0 aromatic carbocycles. The van der Waals surface area contributed by atoms with Gasteiger partial charge in [0, 0.05) is 24.9 Å². The predicted molar refractivity (Wildman–Crippen MR) is 117 cm³/mol. The van der Waals surface area contributed by atoms with Crippen molar-refractivity contribution in [3.63, 3.8) is 0 Å². The first-order chi connectivity index (χ1) is 14.6. The van der Waals surface area contributed by atoms with Crippen LogP contribution in [-0.2, 0) is 19.1 Å². The number of carbonyl (C=O) groups excluding carboxylic acids is 2. The molecule has 1 saturated heterocycles. The Morgan fingerprint density at radius 3 is 2.68 bits per heavy atom. The summed E-state index contributed by atoms with van der Waals surface area (Å²) >= 11 is 0. The SMILES string of the molecule is CCC(C)(C)C(=O)OC1CC(CO)C=C2C=CC(C)C(CCC3CC(O)CC(=O)O3)C21. The predicted octanol–water partition coefficient (Wildman–Crippen LogP) is 3.56. The van der Waals surface area contributed by atoms with E-state index in [-0.39, 0.29) is 60.8 Å². The second-order valence-corrected chi connectivity index (χ2v) is 10.2. The minimum Gasteiger partial charge on any atom is -0.462 e. The van der Waals surface area contributed by atoms with Crippen LogP contribution in [0, 0.1) is 29.1 Å². The second kappa shape index (κ2) is 9.86. The number of allylic oxidation sites excluding steroid dienone is 2. The molecule has 6 heteroatoms. The monoisotopic (exact) mass is 434 g/mol. The van der Waals surface area contributed by atoms with Gasteiger partial charge in [0.05, 0.1) is 17.9 Å². The van der Waals surface area contributed by atoms with E-state index >= 15 is 0 Å². The van der Waals surface area contributed by atoms with Crippen LogP contribution in [0.4, 0.5) is 0 Å². The summed E-state index contributed by atoms with van der Waals surface area (Å²) in [6.07, 6.45) is 8.60. The normalized spacial score (nSPS) is 35.7. The minimum absolute atomic E-state index is 0.0260. The molecule has 0 radical (unpaired) electrons. The lowest BCUT2D eigenvalue weighted by Gasteiger charge is -2.44. The van der Waals surface area contributed by atoms with Gasteiger partial charge in [-0.2, -0.15) is 0 Å². The van der Waals surface area contributed by atoms with Crippen molar-refractivity contribution in [2.24, 2.45) is 29.1 Å². The quantitative estimate of drug-likeness (QED) is 0.595. The number of hydrogen-bond acceptors (Lipinski definition) is 6. The number of carbonyl (C=O) groups is 2. The average Bonchev–Trinajstić information content (AvgIpc) is 2.72. The van der Waals surface area contributed by atoms with Crippen LogP contribution in [0.5, 0.6) is 0 Å². The van der Waals surface area contributed by atoms with Gasteiger partial charge < -0.3 is 19.7 Å². The summed E-state index contributed by atoms with van der Waals surface area (Å²) in [5, 5.41) is 19.7. The van der Waals surface area contributed by atoms with Crippen molar-refractivity contribution in [1.29, 1.82) is 0 Å². The lowest BCUT2D eigenvalue weighted by molar-refractivity contribution is -0.166. The Kier molecular flexibility index (Phi) is 7.63. The maximum atomic E-state index is 12.9. The van der Waals surface area contributed by atoms with Gasteiger partial charge in [0.15, 0.2) is 0 Å². The molecule has 7 unspecified atom stereocenters. The summed E-state index contributed by atoms with van der Waals surface area (Å²) in [5.74, 6) is 0.0282. The van der Waals surface area contributed by atoms with Gasteiger partial charge in [-0.05, 0) is 56.9 Å². The molecule has 0 saturated carbocycles. The van der Waals surface area contributed by atoms with E-state index in [1.54, 1.807) is 0 Å². The molecule has 2 aliphatic carbocycles. The van der Waals surface area contributed by atoms with E-state index < -0.39 is 11.5 Å². The Bertz CT molecular complexity index is 724. The van der Waals surface area contributed by atoms with Crippen molar-refractivity contribution in [2.75, 3.05) is 6.61 Å². The molecule has 6 nitrogen and oxygen atoms in total. The summed E-state index contributed by atoms with van der Waals surface area (Å²) in [6, 6.07) is 0. The van der Waals surface area contributed by atoms with Gasteiger partial charge in [-0.15, -0.1) is 0 Å². The number of ether oxygens (including phenoxy) is 2. The Labute approximate surface area is 185 Å². The Balaban J connectivity index is 1.79. The molecule has 3 aliphatic rings. The van der Waals surface area contributed by atoms with Crippen LogP contribution in [0.3, 0.4) is 0 Å². The van der Waals surface area contributed by atoms with E-state index in [2.05, 4.69) is 25.2 Å².